The smallest absolute Gasteiger partial charge is 0.252 e. The minimum absolute atomic E-state index is 0.212. The molecule has 2 aromatic carbocycles. The van der Waals surface area contributed by atoms with Crippen molar-refractivity contribution < 1.29 is 13.2 Å². The van der Waals surface area contributed by atoms with E-state index in [1.807, 2.05) is 48.5 Å². The first kappa shape index (κ1) is 27.5. The predicted octanol–water partition coefficient (Wildman–Crippen LogP) is 7.08. The highest BCUT2D eigenvalue weighted by Crippen LogP contribution is 2.36. The third kappa shape index (κ3) is 7.09. The molecule has 3 aromatic rings. The Hall–Kier alpha value is -0.490. The standard InChI is InChI=1S/C24H24Br2Cl2N2O3S2/c25-21-16-22(34-24(21)26)35(31,32)30-13-11-29(12-14-30)10-1-15-33-23(17-2-6-19(27)7-3-17)18-4-8-20(28)9-5-18/h2-9,16,23H,1,10-15H2. The zero-order valence-corrected chi connectivity index (χ0v) is 25.0. The van der Waals surface area contributed by atoms with E-state index in [4.69, 9.17) is 27.9 Å². The molecule has 11 heteroatoms. The highest BCUT2D eigenvalue weighted by atomic mass is 79.9. The maximum atomic E-state index is 12.9. The van der Waals surface area contributed by atoms with Crippen LogP contribution in [0, 0.1) is 0 Å². The Labute approximate surface area is 237 Å². The van der Waals surface area contributed by atoms with Crippen molar-refractivity contribution in [2.24, 2.45) is 0 Å². The van der Waals surface area contributed by atoms with Gasteiger partial charge in [0, 0.05) is 53.8 Å². The Morgan fingerprint density at radius 2 is 1.46 bits per heavy atom. The Bertz CT molecular complexity index is 1170. The van der Waals surface area contributed by atoms with E-state index >= 15 is 0 Å². The van der Waals surface area contributed by atoms with Gasteiger partial charge in [-0.1, -0.05) is 47.5 Å². The third-order valence-corrected chi connectivity index (χ3v) is 11.9. The van der Waals surface area contributed by atoms with Crippen LogP contribution in [-0.2, 0) is 14.8 Å². The van der Waals surface area contributed by atoms with Crippen LogP contribution in [0.25, 0.3) is 0 Å². The fraction of sp³-hybridized carbons (Fsp3) is 0.333. The summed E-state index contributed by atoms with van der Waals surface area (Å²) in [5.74, 6) is 0. The zero-order chi connectivity index (χ0) is 25.0. The first-order valence-electron chi connectivity index (χ1n) is 11.0. The number of piperazine rings is 1. The van der Waals surface area contributed by atoms with Gasteiger partial charge in [-0.3, -0.25) is 0 Å². The van der Waals surface area contributed by atoms with Crippen LogP contribution >= 0.6 is 66.4 Å². The quantitative estimate of drug-likeness (QED) is 0.227. The van der Waals surface area contributed by atoms with E-state index < -0.39 is 10.0 Å². The van der Waals surface area contributed by atoms with Gasteiger partial charge in [0.05, 0.1) is 3.79 Å². The molecule has 4 rings (SSSR count). The molecule has 35 heavy (non-hydrogen) atoms. The second-order valence-electron chi connectivity index (χ2n) is 8.14. The molecule has 0 atom stereocenters. The largest absolute Gasteiger partial charge is 0.369 e. The molecule has 0 radical (unpaired) electrons. The Morgan fingerprint density at radius 3 is 1.94 bits per heavy atom. The van der Waals surface area contributed by atoms with E-state index in [1.54, 1.807) is 10.4 Å². The minimum atomic E-state index is -3.47. The molecule has 1 aliphatic rings. The molecule has 1 aliphatic heterocycles. The van der Waals surface area contributed by atoms with Gasteiger partial charge in [0.1, 0.15) is 10.3 Å². The van der Waals surface area contributed by atoms with E-state index in [2.05, 4.69) is 36.8 Å². The molecule has 1 aromatic heterocycles. The summed E-state index contributed by atoms with van der Waals surface area (Å²) in [7, 11) is -3.47. The summed E-state index contributed by atoms with van der Waals surface area (Å²) >= 11 is 20.1. The van der Waals surface area contributed by atoms with E-state index in [-0.39, 0.29) is 6.10 Å². The van der Waals surface area contributed by atoms with Crippen molar-refractivity contribution >= 4 is 76.4 Å². The number of benzene rings is 2. The monoisotopic (exact) mass is 680 g/mol. The molecule has 0 N–H and O–H groups in total. The number of ether oxygens (including phenoxy) is 1. The molecular weight excluding hydrogens is 659 g/mol. The molecular formula is C24H24Br2Cl2N2O3S2. The van der Waals surface area contributed by atoms with Gasteiger partial charge in [-0.25, -0.2) is 8.42 Å². The van der Waals surface area contributed by atoms with Crippen molar-refractivity contribution in [3.05, 3.63) is 84.0 Å². The number of sulfonamides is 1. The number of hydrogen-bond donors (Lipinski definition) is 0. The van der Waals surface area contributed by atoms with Crippen LogP contribution in [0.3, 0.4) is 0 Å². The van der Waals surface area contributed by atoms with Gasteiger partial charge in [-0.2, -0.15) is 4.31 Å². The van der Waals surface area contributed by atoms with Gasteiger partial charge in [0.15, 0.2) is 0 Å². The van der Waals surface area contributed by atoms with Crippen LogP contribution in [-0.4, -0.2) is 57.0 Å². The number of nitrogens with zero attached hydrogens (tertiary/aromatic N) is 2. The second-order valence-corrected chi connectivity index (χ2v) is 14.4. The fourth-order valence-electron chi connectivity index (χ4n) is 3.92. The Balaban J connectivity index is 1.29. The summed E-state index contributed by atoms with van der Waals surface area (Å²) in [5.41, 5.74) is 2.06. The highest BCUT2D eigenvalue weighted by molar-refractivity contribution is 9.13. The van der Waals surface area contributed by atoms with E-state index in [0.717, 1.165) is 32.4 Å². The lowest BCUT2D eigenvalue weighted by Gasteiger charge is -2.33. The van der Waals surface area contributed by atoms with Crippen LogP contribution in [0.1, 0.15) is 23.7 Å². The minimum Gasteiger partial charge on any atom is -0.369 e. The number of hydrogen-bond acceptors (Lipinski definition) is 5. The van der Waals surface area contributed by atoms with Crippen LogP contribution in [0.5, 0.6) is 0 Å². The predicted molar refractivity (Wildman–Crippen MR) is 150 cm³/mol. The van der Waals surface area contributed by atoms with E-state index in [9.17, 15) is 8.42 Å². The summed E-state index contributed by atoms with van der Waals surface area (Å²) in [6.45, 7) is 3.78. The average Bonchev–Trinajstić information content (AvgIpc) is 3.20. The molecule has 1 fully saturated rings. The molecule has 0 amide bonds. The second kappa shape index (κ2) is 12.4. The van der Waals surface area contributed by atoms with Crippen molar-refractivity contribution in [1.29, 1.82) is 0 Å². The fourth-order valence-corrected chi connectivity index (χ4v) is 8.57. The van der Waals surface area contributed by atoms with Crippen LogP contribution in [0.2, 0.25) is 10.0 Å². The van der Waals surface area contributed by atoms with Crippen LogP contribution < -0.4 is 0 Å². The first-order chi connectivity index (χ1) is 16.7. The Morgan fingerprint density at radius 1 is 0.914 bits per heavy atom. The van der Waals surface area contributed by atoms with Crippen LogP contribution in [0.4, 0.5) is 0 Å². The maximum Gasteiger partial charge on any atom is 0.252 e. The van der Waals surface area contributed by atoms with Gasteiger partial charge in [0.25, 0.3) is 10.0 Å². The SMILES string of the molecule is O=S(=O)(c1cc(Br)c(Br)s1)N1CCN(CCCOC(c2ccc(Cl)cc2)c2ccc(Cl)cc2)CC1. The first-order valence-corrected chi connectivity index (χ1v) is 15.6. The summed E-state index contributed by atoms with van der Waals surface area (Å²) < 4.78 is 35.7. The van der Waals surface area contributed by atoms with Crippen molar-refractivity contribution in [2.75, 3.05) is 39.3 Å². The lowest BCUT2D eigenvalue weighted by atomic mass is 10.0. The molecule has 1 saturated heterocycles. The average molecular weight is 683 g/mol. The molecule has 5 nitrogen and oxygen atoms in total. The summed E-state index contributed by atoms with van der Waals surface area (Å²) in [4.78, 5) is 2.29. The van der Waals surface area contributed by atoms with Crippen molar-refractivity contribution in [2.45, 2.75) is 16.7 Å². The van der Waals surface area contributed by atoms with Gasteiger partial charge in [-0.05, 0) is 79.7 Å². The molecule has 188 valence electrons. The van der Waals surface area contributed by atoms with Gasteiger partial charge < -0.3 is 9.64 Å². The molecule has 0 saturated carbocycles. The Kier molecular flexibility index (Phi) is 9.73. The van der Waals surface area contributed by atoms with Gasteiger partial charge >= 0.3 is 0 Å². The topological polar surface area (TPSA) is 49.9 Å². The van der Waals surface area contributed by atoms with E-state index in [1.165, 1.54) is 11.3 Å². The summed E-state index contributed by atoms with van der Waals surface area (Å²) in [6, 6.07) is 17.0. The number of thiophene rings is 1. The van der Waals surface area contributed by atoms with Crippen molar-refractivity contribution in [1.82, 2.24) is 9.21 Å². The van der Waals surface area contributed by atoms with Crippen molar-refractivity contribution in [3.8, 4) is 0 Å². The molecule has 2 heterocycles. The summed E-state index contributed by atoms with van der Waals surface area (Å²) in [5, 5.41) is 1.37. The van der Waals surface area contributed by atoms with Gasteiger partial charge in [-0.15, -0.1) is 11.3 Å². The number of halogens is 4. The molecule has 0 spiro atoms. The lowest BCUT2D eigenvalue weighted by molar-refractivity contribution is 0.0686. The third-order valence-electron chi connectivity index (χ3n) is 5.80. The van der Waals surface area contributed by atoms with E-state index in [0.29, 0.717) is 47.0 Å². The summed E-state index contributed by atoms with van der Waals surface area (Å²) in [6.07, 6.45) is 0.630. The molecule has 0 aliphatic carbocycles. The number of rotatable bonds is 9. The van der Waals surface area contributed by atoms with Crippen molar-refractivity contribution in [3.63, 3.8) is 0 Å². The van der Waals surface area contributed by atoms with Crippen LogP contribution in [0.15, 0.2) is 67.1 Å². The normalized spacial score (nSPS) is 15.7. The highest BCUT2D eigenvalue weighted by Gasteiger charge is 2.30. The lowest BCUT2D eigenvalue weighted by Crippen LogP contribution is -2.48. The molecule has 0 unspecified atom stereocenters. The maximum absolute atomic E-state index is 12.9. The van der Waals surface area contributed by atoms with Gasteiger partial charge in [0.2, 0.25) is 0 Å². The molecule has 0 bridgehead atoms. The zero-order valence-electron chi connectivity index (χ0n) is 18.7.